The van der Waals surface area contributed by atoms with Crippen LogP contribution in [0.25, 0.3) is 0 Å². The van der Waals surface area contributed by atoms with Gasteiger partial charge >= 0.3 is 0 Å². The first kappa shape index (κ1) is 17.5. The molecule has 0 aliphatic carbocycles. The second kappa shape index (κ2) is 8.21. The average molecular weight is 344 g/mol. The number of nitrogens with zero attached hydrogens (tertiary/aromatic N) is 2. The second-order valence-electron chi connectivity index (χ2n) is 6.37. The molecule has 3 rings (SSSR count). The van der Waals surface area contributed by atoms with Crippen LogP contribution in [0.15, 0.2) is 48.5 Å². The monoisotopic (exact) mass is 344 g/mol. The van der Waals surface area contributed by atoms with Gasteiger partial charge in [0, 0.05) is 31.7 Å². The highest BCUT2D eigenvalue weighted by Crippen LogP contribution is 2.12. The number of carbonyl (C=O) groups excluding carboxylic acids is 1. The number of benzene rings is 2. The van der Waals surface area contributed by atoms with Gasteiger partial charge in [0.25, 0.3) is 5.91 Å². The first-order valence-electron chi connectivity index (χ1n) is 8.63. The lowest BCUT2D eigenvalue weighted by Crippen LogP contribution is -2.48. The number of amides is 1. The summed E-state index contributed by atoms with van der Waals surface area (Å²) in [5.41, 5.74) is 1.55. The zero-order valence-corrected chi connectivity index (χ0v) is 14.1. The van der Waals surface area contributed by atoms with Crippen molar-refractivity contribution >= 4 is 5.91 Å². The molecule has 2 aromatic rings. The van der Waals surface area contributed by atoms with Gasteiger partial charge in [0.15, 0.2) is 0 Å². The summed E-state index contributed by atoms with van der Waals surface area (Å²) in [6.45, 7) is 3.92. The molecule has 1 aliphatic heterocycles. The minimum Gasteiger partial charge on any atom is -0.336 e. The maximum atomic E-state index is 13.3. The van der Waals surface area contributed by atoms with Crippen LogP contribution in [-0.2, 0) is 6.42 Å². The van der Waals surface area contributed by atoms with Crippen molar-refractivity contribution in [1.29, 1.82) is 0 Å². The average Bonchev–Trinajstić information content (AvgIpc) is 2.63. The molecule has 25 heavy (non-hydrogen) atoms. The summed E-state index contributed by atoms with van der Waals surface area (Å²) in [6.07, 6.45) is 1.92. The Labute approximate surface area is 146 Å². The van der Waals surface area contributed by atoms with Gasteiger partial charge in [-0.3, -0.25) is 9.69 Å². The van der Waals surface area contributed by atoms with Gasteiger partial charge in [0.2, 0.25) is 0 Å². The van der Waals surface area contributed by atoms with Gasteiger partial charge in [-0.15, -0.1) is 0 Å². The molecule has 0 bridgehead atoms. The topological polar surface area (TPSA) is 23.6 Å². The van der Waals surface area contributed by atoms with E-state index in [1.807, 2.05) is 12.1 Å². The van der Waals surface area contributed by atoms with E-state index in [1.165, 1.54) is 24.3 Å². The molecule has 1 saturated heterocycles. The van der Waals surface area contributed by atoms with Gasteiger partial charge in [-0.25, -0.2) is 8.78 Å². The summed E-state index contributed by atoms with van der Waals surface area (Å²) in [7, 11) is 0. The van der Waals surface area contributed by atoms with Crippen molar-refractivity contribution in [2.45, 2.75) is 12.8 Å². The molecule has 132 valence electrons. The Balaban J connectivity index is 1.42. The van der Waals surface area contributed by atoms with Crippen LogP contribution in [0.5, 0.6) is 0 Å². The highest BCUT2D eigenvalue weighted by atomic mass is 19.1. The molecule has 0 saturated carbocycles. The van der Waals surface area contributed by atoms with E-state index >= 15 is 0 Å². The largest absolute Gasteiger partial charge is 0.336 e. The maximum absolute atomic E-state index is 13.3. The van der Waals surface area contributed by atoms with E-state index in [0.717, 1.165) is 38.0 Å². The van der Waals surface area contributed by atoms with E-state index < -0.39 is 0 Å². The van der Waals surface area contributed by atoms with E-state index in [9.17, 15) is 13.6 Å². The summed E-state index contributed by atoms with van der Waals surface area (Å²) >= 11 is 0. The van der Waals surface area contributed by atoms with Crippen molar-refractivity contribution in [3.63, 3.8) is 0 Å². The predicted molar refractivity (Wildman–Crippen MR) is 93.5 cm³/mol. The van der Waals surface area contributed by atoms with Gasteiger partial charge in [-0.1, -0.05) is 18.2 Å². The third kappa shape index (κ3) is 4.86. The van der Waals surface area contributed by atoms with Crippen LogP contribution in [0.3, 0.4) is 0 Å². The van der Waals surface area contributed by atoms with E-state index in [0.29, 0.717) is 18.7 Å². The Hall–Kier alpha value is -2.27. The normalized spacial score (nSPS) is 15.4. The van der Waals surface area contributed by atoms with Crippen molar-refractivity contribution in [3.05, 3.63) is 71.3 Å². The van der Waals surface area contributed by atoms with Crippen LogP contribution >= 0.6 is 0 Å². The molecular formula is C20H22F2N2O. The molecule has 5 heteroatoms. The molecule has 0 N–H and O–H groups in total. The standard InChI is InChI=1S/C20H22F2N2O/c21-18-8-6-16(7-9-18)3-2-10-23-11-13-24(14-12-23)20(25)17-4-1-5-19(22)15-17/h1,4-9,15H,2-3,10-14H2. The summed E-state index contributed by atoms with van der Waals surface area (Å²) in [5.74, 6) is -0.696. The van der Waals surface area contributed by atoms with E-state index in [2.05, 4.69) is 4.90 Å². The molecule has 0 atom stereocenters. The fourth-order valence-corrected chi connectivity index (χ4v) is 3.14. The van der Waals surface area contributed by atoms with Crippen LogP contribution in [-0.4, -0.2) is 48.4 Å². The third-order valence-corrected chi connectivity index (χ3v) is 4.58. The summed E-state index contributed by atoms with van der Waals surface area (Å²) in [6, 6.07) is 12.5. The molecule has 1 heterocycles. The van der Waals surface area contributed by atoms with Crippen LogP contribution in [0.1, 0.15) is 22.3 Å². The minimum atomic E-state index is -0.384. The van der Waals surface area contributed by atoms with Gasteiger partial charge in [-0.2, -0.15) is 0 Å². The maximum Gasteiger partial charge on any atom is 0.254 e. The fraction of sp³-hybridized carbons (Fsp3) is 0.350. The molecule has 1 fully saturated rings. The second-order valence-corrected chi connectivity index (χ2v) is 6.37. The SMILES string of the molecule is O=C(c1cccc(F)c1)N1CCN(CCCc2ccc(F)cc2)CC1. The highest BCUT2D eigenvalue weighted by molar-refractivity contribution is 5.94. The Kier molecular flexibility index (Phi) is 5.76. The van der Waals surface area contributed by atoms with E-state index in [-0.39, 0.29) is 17.5 Å². The van der Waals surface area contributed by atoms with Crippen LogP contribution in [0.2, 0.25) is 0 Å². The number of carbonyl (C=O) groups is 1. The number of rotatable bonds is 5. The molecule has 0 aromatic heterocycles. The lowest BCUT2D eigenvalue weighted by Gasteiger charge is -2.34. The van der Waals surface area contributed by atoms with Gasteiger partial charge in [-0.05, 0) is 55.3 Å². The highest BCUT2D eigenvalue weighted by Gasteiger charge is 2.22. The molecule has 1 amide bonds. The van der Waals surface area contributed by atoms with Crippen molar-refractivity contribution in [1.82, 2.24) is 9.80 Å². The molecule has 2 aromatic carbocycles. The quantitative estimate of drug-likeness (QED) is 0.830. The fourth-order valence-electron chi connectivity index (χ4n) is 3.14. The third-order valence-electron chi connectivity index (χ3n) is 4.58. The smallest absolute Gasteiger partial charge is 0.254 e. The Morgan fingerprint density at radius 3 is 2.32 bits per heavy atom. The van der Waals surface area contributed by atoms with Gasteiger partial charge in [0.1, 0.15) is 11.6 Å². The van der Waals surface area contributed by atoms with Crippen LogP contribution < -0.4 is 0 Å². The Bertz CT molecular complexity index is 710. The molecule has 3 nitrogen and oxygen atoms in total. The molecular weight excluding hydrogens is 322 g/mol. The van der Waals surface area contributed by atoms with E-state index in [1.54, 1.807) is 17.0 Å². The van der Waals surface area contributed by atoms with Crippen molar-refractivity contribution < 1.29 is 13.6 Å². The van der Waals surface area contributed by atoms with Gasteiger partial charge in [0.05, 0.1) is 0 Å². The predicted octanol–water partition coefficient (Wildman–Crippen LogP) is 3.36. The lowest BCUT2D eigenvalue weighted by molar-refractivity contribution is 0.0635. The molecule has 0 spiro atoms. The summed E-state index contributed by atoms with van der Waals surface area (Å²) < 4.78 is 26.1. The first-order chi connectivity index (χ1) is 12.1. The van der Waals surface area contributed by atoms with Gasteiger partial charge < -0.3 is 4.90 Å². The summed E-state index contributed by atoms with van der Waals surface area (Å²) in [5, 5.41) is 0. The van der Waals surface area contributed by atoms with Crippen molar-refractivity contribution in [3.8, 4) is 0 Å². The lowest BCUT2D eigenvalue weighted by atomic mass is 10.1. The zero-order valence-electron chi connectivity index (χ0n) is 14.1. The molecule has 1 aliphatic rings. The number of aryl methyl sites for hydroxylation is 1. The molecule has 0 radical (unpaired) electrons. The number of hydrogen-bond acceptors (Lipinski definition) is 2. The van der Waals surface area contributed by atoms with Crippen molar-refractivity contribution in [2.24, 2.45) is 0 Å². The summed E-state index contributed by atoms with van der Waals surface area (Å²) in [4.78, 5) is 16.5. The number of halogens is 2. The van der Waals surface area contributed by atoms with Crippen LogP contribution in [0, 0.1) is 11.6 Å². The Morgan fingerprint density at radius 2 is 1.64 bits per heavy atom. The van der Waals surface area contributed by atoms with Crippen molar-refractivity contribution in [2.75, 3.05) is 32.7 Å². The van der Waals surface area contributed by atoms with E-state index in [4.69, 9.17) is 0 Å². The minimum absolute atomic E-state index is 0.106. The number of piperazine rings is 1. The number of hydrogen-bond donors (Lipinski definition) is 0. The molecule has 0 unspecified atom stereocenters. The van der Waals surface area contributed by atoms with Crippen LogP contribution in [0.4, 0.5) is 8.78 Å². The zero-order chi connectivity index (χ0) is 17.6. The Morgan fingerprint density at radius 1 is 0.920 bits per heavy atom. The first-order valence-corrected chi connectivity index (χ1v) is 8.63.